The maximum atomic E-state index is 12.4. The number of aromatic nitrogens is 3. The molecule has 3 aromatic rings. The first-order chi connectivity index (χ1) is 13.2. The second-order valence-corrected chi connectivity index (χ2v) is 6.58. The van der Waals surface area contributed by atoms with Crippen molar-refractivity contribution in [2.24, 2.45) is 0 Å². The molecule has 27 heavy (non-hydrogen) atoms. The first-order valence-electron chi connectivity index (χ1n) is 8.61. The van der Waals surface area contributed by atoms with Crippen LogP contribution in [0.4, 0.5) is 5.69 Å². The van der Waals surface area contributed by atoms with E-state index in [0.29, 0.717) is 23.0 Å². The van der Waals surface area contributed by atoms with Gasteiger partial charge in [-0.2, -0.15) is 9.90 Å². The van der Waals surface area contributed by atoms with Crippen molar-refractivity contribution in [1.82, 2.24) is 20.3 Å². The molecule has 1 atom stereocenters. The minimum Gasteiger partial charge on any atom is -0.371 e. The minimum absolute atomic E-state index is 0.0427. The standard InChI is InChI=1S/C19H18ClN5O2/c20-14-2-1-3-16(10-14)25-22-11-17(24-25)19(26)23-15-6-4-13(5-7-15)18-12-21-8-9-27-18/h1-7,10-11,18,21H,8-9,12H2,(H,23,26). The van der Waals surface area contributed by atoms with Crippen LogP contribution in [0.15, 0.2) is 54.7 Å². The number of rotatable bonds is 4. The fourth-order valence-electron chi connectivity index (χ4n) is 2.85. The van der Waals surface area contributed by atoms with Crippen molar-refractivity contribution in [2.45, 2.75) is 6.10 Å². The van der Waals surface area contributed by atoms with Crippen LogP contribution in [0.25, 0.3) is 5.69 Å². The second-order valence-electron chi connectivity index (χ2n) is 6.14. The molecule has 8 heteroatoms. The summed E-state index contributed by atoms with van der Waals surface area (Å²) in [6, 6.07) is 14.7. The molecule has 7 nitrogen and oxygen atoms in total. The Morgan fingerprint density at radius 3 is 2.85 bits per heavy atom. The number of nitrogens with zero attached hydrogens (tertiary/aromatic N) is 3. The van der Waals surface area contributed by atoms with Crippen LogP contribution in [0, 0.1) is 0 Å². The van der Waals surface area contributed by atoms with Gasteiger partial charge < -0.3 is 15.4 Å². The summed E-state index contributed by atoms with van der Waals surface area (Å²) in [6.07, 6.45) is 1.47. The van der Waals surface area contributed by atoms with E-state index in [1.54, 1.807) is 18.2 Å². The van der Waals surface area contributed by atoms with E-state index in [4.69, 9.17) is 16.3 Å². The zero-order chi connectivity index (χ0) is 18.6. The summed E-state index contributed by atoms with van der Waals surface area (Å²) in [6.45, 7) is 2.37. The van der Waals surface area contributed by atoms with E-state index in [0.717, 1.165) is 18.7 Å². The van der Waals surface area contributed by atoms with Crippen molar-refractivity contribution in [1.29, 1.82) is 0 Å². The second kappa shape index (κ2) is 7.87. The van der Waals surface area contributed by atoms with Gasteiger partial charge >= 0.3 is 0 Å². The van der Waals surface area contributed by atoms with Crippen LogP contribution in [0.1, 0.15) is 22.2 Å². The highest BCUT2D eigenvalue weighted by Gasteiger charge is 2.16. The molecule has 2 heterocycles. The predicted molar refractivity (Wildman–Crippen MR) is 102 cm³/mol. The average Bonchev–Trinajstić information content (AvgIpc) is 3.20. The summed E-state index contributed by atoms with van der Waals surface area (Å²) in [5.74, 6) is -0.327. The number of amides is 1. The molecule has 0 saturated carbocycles. The summed E-state index contributed by atoms with van der Waals surface area (Å²) >= 11 is 5.98. The van der Waals surface area contributed by atoms with Crippen molar-refractivity contribution in [2.75, 3.05) is 25.0 Å². The van der Waals surface area contributed by atoms with Gasteiger partial charge in [-0.15, -0.1) is 5.10 Å². The topological polar surface area (TPSA) is 81.1 Å². The van der Waals surface area contributed by atoms with E-state index in [-0.39, 0.29) is 17.7 Å². The lowest BCUT2D eigenvalue weighted by molar-refractivity contribution is 0.0277. The van der Waals surface area contributed by atoms with Gasteiger partial charge in [-0.05, 0) is 35.9 Å². The molecule has 2 N–H and O–H groups in total. The first-order valence-corrected chi connectivity index (χ1v) is 8.99. The maximum absolute atomic E-state index is 12.4. The molecule has 1 amide bonds. The highest BCUT2D eigenvalue weighted by Crippen LogP contribution is 2.21. The van der Waals surface area contributed by atoms with Crippen LogP contribution in [0.5, 0.6) is 0 Å². The van der Waals surface area contributed by atoms with Crippen LogP contribution in [0.2, 0.25) is 5.02 Å². The van der Waals surface area contributed by atoms with Gasteiger partial charge in [0, 0.05) is 23.8 Å². The number of hydrogen-bond donors (Lipinski definition) is 2. The van der Waals surface area contributed by atoms with E-state index < -0.39 is 0 Å². The van der Waals surface area contributed by atoms with Crippen LogP contribution < -0.4 is 10.6 Å². The van der Waals surface area contributed by atoms with E-state index in [2.05, 4.69) is 20.8 Å². The number of carbonyl (C=O) groups is 1. The van der Waals surface area contributed by atoms with E-state index >= 15 is 0 Å². The van der Waals surface area contributed by atoms with Crippen LogP contribution >= 0.6 is 11.6 Å². The molecule has 1 saturated heterocycles. The summed E-state index contributed by atoms with van der Waals surface area (Å²) in [4.78, 5) is 13.8. The Bertz CT molecular complexity index is 935. The highest BCUT2D eigenvalue weighted by atomic mass is 35.5. The van der Waals surface area contributed by atoms with Crippen molar-refractivity contribution in [3.63, 3.8) is 0 Å². The summed E-state index contributed by atoms with van der Waals surface area (Å²) < 4.78 is 5.73. The molecular weight excluding hydrogens is 366 g/mol. The molecule has 1 fully saturated rings. The Labute approximate surface area is 161 Å². The molecule has 0 aliphatic carbocycles. The zero-order valence-corrected chi connectivity index (χ0v) is 15.2. The number of carbonyl (C=O) groups excluding carboxylic acids is 1. The number of ether oxygens (including phenoxy) is 1. The monoisotopic (exact) mass is 383 g/mol. The minimum atomic E-state index is -0.327. The van der Waals surface area contributed by atoms with E-state index in [9.17, 15) is 4.79 Å². The van der Waals surface area contributed by atoms with Crippen LogP contribution in [0.3, 0.4) is 0 Å². The molecule has 0 bridgehead atoms. The third kappa shape index (κ3) is 4.16. The van der Waals surface area contributed by atoms with Gasteiger partial charge in [0.15, 0.2) is 5.69 Å². The van der Waals surface area contributed by atoms with Crippen molar-refractivity contribution in [3.05, 3.63) is 71.0 Å². The first kappa shape index (κ1) is 17.7. The van der Waals surface area contributed by atoms with Gasteiger partial charge in [0.05, 0.1) is 24.6 Å². The van der Waals surface area contributed by atoms with Gasteiger partial charge in [-0.1, -0.05) is 29.8 Å². The van der Waals surface area contributed by atoms with Crippen molar-refractivity contribution in [3.8, 4) is 5.69 Å². The van der Waals surface area contributed by atoms with E-state index in [1.165, 1.54) is 11.0 Å². The smallest absolute Gasteiger partial charge is 0.277 e. The highest BCUT2D eigenvalue weighted by molar-refractivity contribution is 6.30. The number of halogens is 1. The van der Waals surface area contributed by atoms with Gasteiger partial charge in [-0.25, -0.2) is 0 Å². The Morgan fingerprint density at radius 2 is 2.11 bits per heavy atom. The lowest BCUT2D eigenvalue weighted by Crippen LogP contribution is -2.33. The fraction of sp³-hybridized carbons (Fsp3) is 0.211. The molecule has 2 aromatic carbocycles. The molecular formula is C19H18ClN5O2. The third-order valence-corrected chi connectivity index (χ3v) is 4.47. The molecule has 1 unspecified atom stereocenters. The maximum Gasteiger partial charge on any atom is 0.277 e. The largest absolute Gasteiger partial charge is 0.371 e. The summed E-state index contributed by atoms with van der Waals surface area (Å²) in [7, 11) is 0. The molecule has 1 aliphatic rings. The Morgan fingerprint density at radius 1 is 1.26 bits per heavy atom. The number of morpholine rings is 1. The quantitative estimate of drug-likeness (QED) is 0.724. The van der Waals surface area contributed by atoms with Gasteiger partial charge in [0.25, 0.3) is 5.91 Å². The van der Waals surface area contributed by atoms with Gasteiger partial charge in [0.1, 0.15) is 0 Å². The number of anilines is 1. The lowest BCUT2D eigenvalue weighted by atomic mass is 10.1. The molecule has 4 rings (SSSR count). The zero-order valence-electron chi connectivity index (χ0n) is 14.4. The summed E-state index contributed by atoms with van der Waals surface area (Å²) in [5, 5.41) is 15.0. The Kier molecular flexibility index (Phi) is 5.15. The third-order valence-electron chi connectivity index (χ3n) is 4.23. The average molecular weight is 384 g/mol. The Hall–Kier alpha value is -2.74. The lowest BCUT2D eigenvalue weighted by Gasteiger charge is -2.24. The van der Waals surface area contributed by atoms with Gasteiger partial charge in [-0.3, -0.25) is 4.79 Å². The molecule has 0 radical (unpaired) electrons. The Balaban J connectivity index is 1.43. The van der Waals surface area contributed by atoms with E-state index in [1.807, 2.05) is 30.3 Å². The van der Waals surface area contributed by atoms with Crippen molar-refractivity contribution >= 4 is 23.2 Å². The molecule has 1 aromatic heterocycles. The van der Waals surface area contributed by atoms with Crippen LogP contribution in [-0.2, 0) is 4.74 Å². The molecule has 138 valence electrons. The van der Waals surface area contributed by atoms with Gasteiger partial charge in [0.2, 0.25) is 0 Å². The molecule has 0 spiro atoms. The van der Waals surface area contributed by atoms with Crippen LogP contribution in [-0.4, -0.2) is 40.6 Å². The number of hydrogen-bond acceptors (Lipinski definition) is 5. The normalized spacial score (nSPS) is 16.9. The fourth-order valence-corrected chi connectivity index (χ4v) is 3.03. The predicted octanol–water partition coefficient (Wildman–Crippen LogP) is 2.83. The molecule has 1 aliphatic heterocycles. The number of benzene rings is 2. The summed E-state index contributed by atoms with van der Waals surface area (Å²) in [5.41, 5.74) is 2.67. The SMILES string of the molecule is O=C(Nc1ccc(C2CNCCO2)cc1)c1cnn(-c2cccc(Cl)c2)n1. The number of nitrogens with one attached hydrogen (secondary N) is 2. The van der Waals surface area contributed by atoms with Crippen molar-refractivity contribution < 1.29 is 9.53 Å².